The van der Waals surface area contributed by atoms with E-state index in [9.17, 15) is 5.11 Å². The van der Waals surface area contributed by atoms with Gasteiger partial charge in [0.15, 0.2) is 0 Å². The maximum Gasteiger partial charge on any atom is 0.0679 e. The zero-order valence-corrected chi connectivity index (χ0v) is 7.83. The van der Waals surface area contributed by atoms with Crippen LogP contribution in [-0.4, -0.2) is 49.0 Å². The van der Waals surface area contributed by atoms with Crippen LogP contribution in [0.5, 0.6) is 0 Å². The first-order valence-electron chi connectivity index (χ1n) is 4.81. The van der Waals surface area contributed by atoms with Gasteiger partial charge in [0, 0.05) is 32.8 Å². The van der Waals surface area contributed by atoms with Crippen LogP contribution in [0.1, 0.15) is 19.8 Å². The van der Waals surface area contributed by atoms with Crippen LogP contribution in [0, 0.1) is 0 Å². The molecule has 0 aromatic rings. The van der Waals surface area contributed by atoms with E-state index in [1.165, 1.54) is 0 Å². The Morgan fingerprint density at radius 3 is 3.00 bits per heavy atom. The zero-order valence-electron chi connectivity index (χ0n) is 7.83. The molecule has 1 fully saturated rings. The SMILES string of the molecule is CCOCCCN1CC[C@@H](O)C1. The summed E-state index contributed by atoms with van der Waals surface area (Å²) in [5.74, 6) is 0. The van der Waals surface area contributed by atoms with Crippen molar-refractivity contribution in [3.05, 3.63) is 0 Å². The highest BCUT2D eigenvalue weighted by Gasteiger charge is 2.18. The molecule has 0 saturated carbocycles. The van der Waals surface area contributed by atoms with E-state index in [0.29, 0.717) is 0 Å². The third-order valence-electron chi connectivity index (χ3n) is 2.21. The molecule has 1 aliphatic rings. The molecule has 3 heteroatoms. The standard InChI is InChI=1S/C9H19NO2/c1-2-12-7-3-5-10-6-4-9(11)8-10/h9,11H,2-8H2,1H3/t9-/m1/s1. The minimum atomic E-state index is -0.0860. The molecule has 1 heterocycles. The lowest BCUT2D eigenvalue weighted by Gasteiger charge is -2.13. The molecule has 1 rings (SSSR count). The van der Waals surface area contributed by atoms with Crippen LogP contribution >= 0.6 is 0 Å². The zero-order chi connectivity index (χ0) is 8.81. The average molecular weight is 173 g/mol. The van der Waals surface area contributed by atoms with Crippen LogP contribution in [0.15, 0.2) is 0 Å². The molecule has 1 saturated heterocycles. The quantitative estimate of drug-likeness (QED) is 0.614. The Kier molecular flexibility index (Phi) is 4.58. The van der Waals surface area contributed by atoms with Gasteiger partial charge >= 0.3 is 0 Å². The minimum Gasteiger partial charge on any atom is -0.392 e. The van der Waals surface area contributed by atoms with Crippen LogP contribution in [0.4, 0.5) is 0 Å². The van der Waals surface area contributed by atoms with E-state index < -0.39 is 0 Å². The molecule has 0 aromatic heterocycles. The number of rotatable bonds is 5. The highest BCUT2D eigenvalue weighted by atomic mass is 16.5. The van der Waals surface area contributed by atoms with Crippen molar-refractivity contribution in [2.75, 3.05) is 32.8 Å². The maximum absolute atomic E-state index is 9.23. The highest BCUT2D eigenvalue weighted by Crippen LogP contribution is 2.08. The summed E-state index contributed by atoms with van der Waals surface area (Å²) in [5.41, 5.74) is 0. The molecule has 0 amide bonds. The number of β-amino-alcohol motifs (C(OH)–C–C–N with tert-alkyl or cyclic N) is 1. The van der Waals surface area contributed by atoms with Gasteiger partial charge in [0.05, 0.1) is 6.10 Å². The second-order valence-corrected chi connectivity index (χ2v) is 3.29. The van der Waals surface area contributed by atoms with Crippen LogP contribution in [-0.2, 0) is 4.74 Å². The van der Waals surface area contributed by atoms with Gasteiger partial charge in [0.2, 0.25) is 0 Å². The molecule has 0 spiro atoms. The third-order valence-corrected chi connectivity index (χ3v) is 2.21. The number of likely N-dealkylation sites (tertiary alicyclic amines) is 1. The fourth-order valence-electron chi connectivity index (χ4n) is 1.55. The predicted octanol–water partition coefficient (Wildman–Crippen LogP) is 0.480. The molecule has 0 unspecified atom stereocenters. The van der Waals surface area contributed by atoms with Crippen molar-refractivity contribution in [2.45, 2.75) is 25.9 Å². The highest BCUT2D eigenvalue weighted by molar-refractivity contribution is 4.73. The number of ether oxygens (including phenoxy) is 1. The van der Waals surface area contributed by atoms with Gasteiger partial charge in [-0.15, -0.1) is 0 Å². The topological polar surface area (TPSA) is 32.7 Å². The van der Waals surface area contributed by atoms with E-state index in [2.05, 4.69) is 4.90 Å². The first kappa shape index (κ1) is 9.96. The van der Waals surface area contributed by atoms with Gasteiger partial charge in [-0.25, -0.2) is 0 Å². The molecule has 0 aliphatic carbocycles. The second kappa shape index (κ2) is 5.51. The van der Waals surface area contributed by atoms with E-state index in [-0.39, 0.29) is 6.10 Å². The van der Waals surface area contributed by atoms with Gasteiger partial charge in [0.1, 0.15) is 0 Å². The van der Waals surface area contributed by atoms with Crippen LogP contribution in [0.25, 0.3) is 0 Å². The number of nitrogens with zero attached hydrogens (tertiary/aromatic N) is 1. The van der Waals surface area contributed by atoms with E-state index >= 15 is 0 Å². The van der Waals surface area contributed by atoms with Crippen molar-refractivity contribution in [3.63, 3.8) is 0 Å². The first-order valence-corrected chi connectivity index (χ1v) is 4.81. The Bertz CT molecular complexity index is 119. The average Bonchev–Trinajstić information content (AvgIpc) is 2.45. The van der Waals surface area contributed by atoms with Crippen LogP contribution in [0.2, 0.25) is 0 Å². The van der Waals surface area contributed by atoms with Gasteiger partial charge in [-0.1, -0.05) is 0 Å². The fraction of sp³-hybridized carbons (Fsp3) is 1.00. The van der Waals surface area contributed by atoms with Crippen molar-refractivity contribution in [3.8, 4) is 0 Å². The van der Waals surface area contributed by atoms with Crippen molar-refractivity contribution in [1.29, 1.82) is 0 Å². The molecule has 0 bridgehead atoms. The monoisotopic (exact) mass is 173 g/mol. The molecule has 1 aliphatic heterocycles. The molecular weight excluding hydrogens is 154 g/mol. The number of aliphatic hydroxyl groups excluding tert-OH is 1. The fourth-order valence-corrected chi connectivity index (χ4v) is 1.55. The Balaban J connectivity index is 1.93. The summed E-state index contributed by atoms with van der Waals surface area (Å²) in [5, 5.41) is 9.23. The largest absolute Gasteiger partial charge is 0.392 e. The molecule has 0 aromatic carbocycles. The minimum absolute atomic E-state index is 0.0860. The van der Waals surface area contributed by atoms with Gasteiger partial charge < -0.3 is 14.7 Å². The maximum atomic E-state index is 9.23. The van der Waals surface area contributed by atoms with E-state index in [1.807, 2.05) is 6.92 Å². The molecule has 12 heavy (non-hydrogen) atoms. The van der Waals surface area contributed by atoms with Gasteiger partial charge in [-0.2, -0.15) is 0 Å². The Hall–Kier alpha value is -0.120. The Labute approximate surface area is 74.3 Å². The summed E-state index contributed by atoms with van der Waals surface area (Å²) in [7, 11) is 0. The Morgan fingerprint density at radius 2 is 2.42 bits per heavy atom. The van der Waals surface area contributed by atoms with E-state index in [0.717, 1.165) is 45.7 Å². The smallest absolute Gasteiger partial charge is 0.0679 e. The number of aliphatic hydroxyl groups is 1. The van der Waals surface area contributed by atoms with E-state index in [1.54, 1.807) is 0 Å². The summed E-state index contributed by atoms with van der Waals surface area (Å²) in [6.45, 7) is 6.64. The summed E-state index contributed by atoms with van der Waals surface area (Å²) < 4.78 is 5.23. The van der Waals surface area contributed by atoms with Gasteiger partial charge in [-0.05, 0) is 19.8 Å². The number of hydrogen-bond donors (Lipinski definition) is 1. The summed E-state index contributed by atoms with van der Waals surface area (Å²) in [6, 6.07) is 0. The summed E-state index contributed by atoms with van der Waals surface area (Å²) in [4.78, 5) is 2.30. The third kappa shape index (κ3) is 3.52. The predicted molar refractivity (Wildman–Crippen MR) is 48.2 cm³/mol. The molecule has 72 valence electrons. The van der Waals surface area contributed by atoms with Gasteiger partial charge in [0.25, 0.3) is 0 Å². The lowest BCUT2D eigenvalue weighted by molar-refractivity contribution is 0.130. The molecule has 0 radical (unpaired) electrons. The van der Waals surface area contributed by atoms with Gasteiger partial charge in [-0.3, -0.25) is 0 Å². The number of hydrogen-bond acceptors (Lipinski definition) is 3. The normalized spacial score (nSPS) is 25.0. The van der Waals surface area contributed by atoms with E-state index in [4.69, 9.17) is 4.74 Å². The van der Waals surface area contributed by atoms with Crippen LogP contribution in [0.3, 0.4) is 0 Å². The van der Waals surface area contributed by atoms with Crippen molar-refractivity contribution in [1.82, 2.24) is 4.90 Å². The summed E-state index contributed by atoms with van der Waals surface area (Å²) >= 11 is 0. The van der Waals surface area contributed by atoms with Crippen molar-refractivity contribution in [2.24, 2.45) is 0 Å². The molecular formula is C9H19NO2. The van der Waals surface area contributed by atoms with Crippen molar-refractivity contribution < 1.29 is 9.84 Å². The Morgan fingerprint density at radius 1 is 1.58 bits per heavy atom. The lowest BCUT2D eigenvalue weighted by atomic mass is 10.3. The molecule has 3 nitrogen and oxygen atoms in total. The molecule has 1 atom stereocenters. The lowest BCUT2D eigenvalue weighted by Crippen LogP contribution is -2.24. The molecule has 1 N–H and O–H groups in total. The first-order chi connectivity index (χ1) is 5.83. The second-order valence-electron chi connectivity index (χ2n) is 3.29. The van der Waals surface area contributed by atoms with Crippen LogP contribution < -0.4 is 0 Å². The van der Waals surface area contributed by atoms with Crippen molar-refractivity contribution >= 4 is 0 Å². The summed E-state index contributed by atoms with van der Waals surface area (Å²) in [6.07, 6.45) is 1.94.